The third kappa shape index (κ3) is 3.89. The van der Waals surface area contributed by atoms with E-state index in [1.54, 1.807) is 13.2 Å². The lowest BCUT2D eigenvalue weighted by Gasteiger charge is -2.57. The van der Waals surface area contributed by atoms with Crippen molar-refractivity contribution >= 4 is 12.0 Å². The van der Waals surface area contributed by atoms with E-state index >= 15 is 0 Å². The molecular weight excluding hydrogens is 440 g/mol. The zero-order chi connectivity index (χ0) is 24.0. The zero-order valence-corrected chi connectivity index (χ0v) is 20.6. The zero-order valence-electron chi connectivity index (χ0n) is 20.6. The van der Waals surface area contributed by atoms with E-state index < -0.39 is 5.79 Å². The minimum absolute atomic E-state index is 0.276. The summed E-state index contributed by atoms with van der Waals surface area (Å²) in [6.07, 6.45) is 11.4. The van der Waals surface area contributed by atoms with Gasteiger partial charge in [-0.1, -0.05) is 30.3 Å². The third-order valence-electron chi connectivity index (χ3n) is 8.80. The van der Waals surface area contributed by atoms with Gasteiger partial charge in [0.2, 0.25) is 5.79 Å². The summed E-state index contributed by atoms with van der Waals surface area (Å²) in [6, 6.07) is 14.7. The molecule has 5 nitrogen and oxygen atoms in total. The number of carbonyl (C=O) groups excluding carboxylic acids is 1. The van der Waals surface area contributed by atoms with Crippen molar-refractivity contribution in [2.75, 3.05) is 27.4 Å². The first-order valence-electron chi connectivity index (χ1n) is 12.9. The molecule has 0 unspecified atom stereocenters. The topological polar surface area (TPSA) is 54.0 Å². The summed E-state index contributed by atoms with van der Waals surface area (Å²) in [7, 11) is 3.09. The SMILES string of the molecule is COC(=O)/C=C/c1ccc(C2(c3cc(C45CC6CC(CC(C6)C4)C5)ccc3OC)OCCO2)cc1. The lowest BCUT2D eigenvalue weighted by Crippen LogP contribution is -2.48. The lowest BCUT2D eigenvalue weighted by atomic mass is 9.48. The van der Waals surface area contributed by atoms with E-state index in [9.17, 15) is 4.79 Å². The molecule has 2 aromatic rings. The van der Waals surface area contributed by atoms with Gasteiger partial charge in [0, 0.05) is 11.6 Å². The van der Waals surface area contributed by atoms with Crippen LogP contribution in [0.1, 0.15) is 60.8 Å². The molecule has 35 heavy (non-hydrogen) atoms. The highest BCUT2D eigenvalue weighted by Crippen LogP contribution is 2.61. The van der Waals surface area contributed by atoms with E-state index in [4.69, 9.17) is 18.9 Å². The van der Waals surface area contributed by atoms with Gasteiger partial charge in [-0.05, 0) is 91.0 Å². The number of methoxy groups -OCH3 is 2. The van der Waals surface area contributed by atoms with Gasteiger partial charge in [0.25, 0.3) is 0 Å². The van der Waals surface area contributed by atoms with Gasteiger partial charge in [-0.15, -0.1) is 0 Å². The molecule has 2 aromatic carbocycles. The molecule has 0 atom stereocenters. The van der Waals surface area contributed by atoms with Crippen LogP contribution in [-0.2, 0) is 30.2 Å². The lowest BCUT2D eigenvalue weighted by molar-refractivity contribution is -0.134. The van der Waals surface area contributed by atoms with Crippen molar-refractivity contribution < 1.29 is 23.7 Å². The molecule has 0 N–H and O–H groups in total. The Morgan fingerprint density at radius 3 is 2.06 bits per heavy atom. The van der Waals surface area contributed by atoms with Crippen molar-refractivity contribution in [1.29, 1.82) is 0 Å². The van der Waals surface area contributed by atoms with E-state index in [0.29, 0.717) is 13.2 Å². The first-order valence-corrected chi connectivity index (χ1v) is 12.9. The van der Waals surface area contributed by atoms with E-state index in [1.165, 1.54) is 57.3 Å². The molecule has 0 spiro atoms. The van der Waals surface area contributed by atoms with E-state index in [-0.39, 0.29) is 11.4 Å². The van der Waals surface area contributed by atoms with Crippen molar-refractivity contribution in [2.45, 2.75) is 49.7 Å². The molecule has 4 saturated carbocycles. The average Bonchev–Trinajstić information content (AvgIpc) is 3.37. The van der Waals surface area contributed by atoms with Crippen LogP contribution in [0.4, 0.5) is 0 Å². The molecule has 1 saturated heterocycles. The fraction of sp³-hybridized carbons (Fsp3) is 0.500. The van der Waals surface area contributed by atoms with E-state index in [2.05, 4.69) is 18.2 Å². The highest BCUT2D eigenvalue weighted by molar-refractivity contribution is 5.86. The van der Waals surface area contributed by atoms with Gasteiger partial charge in [-0.2, -0.15) is 0 Å². The molecule has 0 radical (unpaired) electrons. The molecule has 4 bridgehead atoms. The van der Waals surface area contributed by atoms with Crippen LogP contribution in [0, 0.1) is 17.8 Å². The smallest absolute Gasteiger partial charge is 0.330 e. The Bertz CT molecular complexity index is 1090. The van der Waals surface area contributed by atoms with Gasteiger partial charge in [0.1, 0.15) is 5.75 Å². The van der Waals surface area contributed by atoms with Crippen LogP contribution in [0.5, 0.6) is 5.75 Å². The first-order chi connectivity index (χ1) is 17.0. The molecule has 1 heterocycles. The minimum Gasteiger partial charge on any atom is -0.496 e. The standard InChI is InChI=1S/C30H34O5/c1-32-27-9-8-25(29-17-21-13-22(18-29)15-23(14-21)19-29)16-26(27)30(34-11-12-35-30)24-6-3-20(4-7-24)5-10-28(31)33-2/h3-10,16,21-23H,11-15,17-19H2,1-2H3/b10-5+. The predicted molar refractivity (Wildman–Crippen MR) is 133 cm³/mol. The number of hydrogen-bond acceptors (Lipinski definition) is 5. The molecular formula is C30H34O5. The molecule has 5 fully saturated rings. The summed E-state index contributed by atoms with van der Waals surface area (Å²) in [5.74, 6) is 2.05. The van der Waals surface area contributed by atoms with Gasteiger partial charge >= 0.3 is 5.97 Å². The highest BCUT2D eigenvalue weighted by Gasteiger charge is 2.52. The molecule has 0 amide bonds. The van der Waals surface area contributed by atoms with Gasteiger partial charge in [0.05, 0.1) is 33.0 Å². The summed E-state index contributed by atoms with van der Waals surface area (Å²) in [5.41, 5.74) is 4.47. The Morgan fingerprint density at radius 1 is 0.886 bits per heavy atom. The van der Waals surface area contributed by atoms with Crippen molar-refractivity contribution in [3.05, 3.63) is 70.8 Å². The molecule has 0 aromatic heterocycles. The van der Waals surface area contributed by atoms with Crippen molar-refractivity contribution in [3.63, 3.8) is 0 Å². The Hall–Kier alpha value is -2.63. The minimum atomic E-state index is -1.01. The monoisotopic (exact) mass is 474 g/mol. The van der Waals surface area contributed by atoms with Crippen LogP contribution in [0.25, 0.3) is 6.08 Å². The van der Waals surface area contributed by atoms with Crippen molar-refractivity contribution in [2.24, 2.45) is 17.8 Å². The van der Waals surface area contributed by atoms with Gasteiger partial charge in [-0.25, -0.2) is 4.79 Å². The molecule has 5 aliphatic rings. The Morgan fingerprint density at radius 2 is 1.49 bits per heavy atom. The maximum atomic E-state index is 11.5. The maximum Gasteiger partial charge on any atom is 0.330 e. The number of ether oxygens (including phenoxy) is 4. The maximum absolute atomic E-state index is 11.5. The Balaban J connectivity index is 1.39. The van der Waals surface area contributed by atoms with Gasteiger partial charge in [0.15, 0.2) is 0 Å². The second-order valence-electron chi connectivity index (χ2n) is 10.9. The van der Waals surface area contributed by atoms with Crippen LogP contribution < -0.4 is 4.74 Å². The Labute approximate surface area is 207 Å². The fourth-order valence-electron chi connectivity index (χ4n) is 7.70. The summed E-state index contributed by atoms with van der Waals surface area (Å²) in [4.78, 5) is 11.5. The number of hydrogen-bond donors (Lipinski definition) is 0. The Kier molecular flexibility index (Phi) is 5.73. The van der Waals surface area contributed by atoms with Crippen LogP contribution in [0.2, 0.25) is 0 Å². The van der Waals surface area contributed by atoms with Crippen LogP contribution in [-0.4, -0.2) is 33.4 Å². The average molecular weight is 475 g/mol. The quantitative estimate of drug-likeness (QED) is 0.403. The third-order valence-corrected chi connectivity index (χ3v) is 8.80. The van der Waals surface area contributed by atoms with Crippen LogP contribution in [0.3, 0.4) is 0 Å². The van der Waals surface area contributed by atoms with E-state index in [1.807, 2.05) is 24.3 Å². The van der Waals surface area contributed by atoms with Crippen molar-refractivity contribution in [1.82, 2.24) is 0 Å². The molecule has 7 rings (SSSR count). The highest BCUT2D eigenvalue weighted by atomic mass is 16.7. The van der Waals surface area contributed by atoms with Crippen LogP contribution >= 0.6 is 0 Å². The number of carbonyl (C=O) groups is 1. The number of esters is 1. The summed E-state index contributed by atoms with van der Waals surface area (Å²) in [5, 5.41) is 0. The number of rotatable bonds is 6. The van der Waals surface area contributed by atoms with Gasteiger partial charge < -0.3 is 18.9 Å². The summed E-state index contributed by atoms with van der Waals surface area (Å²) >= 11 is 0. The number of benzene rings is 2. The summed E-state index contributed by atoms with van der Waals surface area (Å²) < 4.78 is 23.3. The van der Waals surface area contributed by atoms with Crippen molar-refractivity contribution in [3.8, 4) is 5.75 Å². The molecule has 1 aliphatic heterocycles. The molecule has 5 heteroatoms. The normalized spacial score (nSPS) is 30.6. The van der Waals surface area contributed by atoms with E-state index in [0.717, 1.165) is 40.2 Å². The fourth-order valence-corrected chi connectivity index (χ4v) is 7.70. The summed E-state index contributed by atoms with van der Waals surface area (Å²) in [6.45, 7) is 1.05. The largest absolute Gasteiger partial charge is 0.496 e. The molecule has 184 valence electrons. The van der Waals surface area contributed by atoms with Crippen LogP contribution in [0.15, 0.2) is 48.5 Å². The second kappa shape index (κ2) is 8.79. The van der Waals surface area contributed by atoms with Gasteiger partial charge in [-0.3, -0.25) is 0 Å². The second-order valence-corrected chi connectivity index (χ2v) is 10.9. The first kappa shape index (κ1) is 22.8. The predicted octanol–water partition coefficient (Wildman–Crippen LogP) is 5.60. The molecule has 4 aliphatic carbocycles.